The highest BCUT2D eigenvalue weighted by atomic mass is 15.0. The van der Waals surface area contributed by atoms with Crippen molar-refractivity contribution in [2.75, 3.05) is 11.9 Å². The van der Waals surface area contributed by atoms with Crippen LogP contribution in [0.5, 0.6) is 0 Å². The van der Waals surface area contributed by atoms with Crippen molar-refractivity contribution in [3.63, 3.8) is 0 Å². The summed E-state index contributed by atoms with van der Waals surface area (Å²) >= 11 is 0. The second kappa shape index (κ2) is 5.35. The Morgan fingerprint density at radius 2 is 2.31 bits per heavy atom. The van der Waals surface area contributed by atoms with Gasteiger partial charge in [-0.25, -0.2) is 4.98 Å². The highest BCUT2D eigenvalue weighted by Gasteiger charge is 1.93. The molecule has 0 aliphatic rings. The summed E-state index contributed by atoms with van der Waals surface area (Å²) in [6.07, 6.45) is 6.76. The van der Waals surface area contributed by atoms with Gasteiger partial charge >= 0.3 is 0 Å². The van der Waals surface area contributed by atoms with Crippen LogP contribution >= 0.6 is 0 Å². The number of imidazole rings is 1. The van der Waals surface area contributed by atoms with Crippen molar-refractivity contribution in [2.24, 2.45) is 0 Å². The molecule has 1 aromatic carbocycles. The second-order valence-corrected chi connectivity index (χ2v) is 3.95. The van der Waals surface area contributed by atoms with Crippen molar-refractivity contribution in [3.8, 4) is 0 Å². The Bertz CT molecular complexity index is 421. The molecule has 3 heteroatoms. The van der Waals surface area contributed by atoms with E-state index in [4.69, 9.17) is 0 Å². The van der Waals surface area contributed by atoms with E-state index in [1.54, 1.807) is 0 Å². The maximum absolute atomic E-state index is 4.01. The van der Waals surface area contributed by atoms with Crippen molar-refractivity contribution in [3.05, 3.63) is 48.5 Å². The molecule has 0 atom stereocenters. The van der Waals surface area contributed by atoms with Crippen LogP contribution in [0.3, 0.4) is 0 Å². The molecule has 0 bridgehead atoms. The highest BCUT2D eigenvalue weighted by molar-refractivity contribution is 5.45. The van der Waals surface area contributed by atoms with Crippen molar-refractivity contribution in [1.82, 2.24) is 9.55 Å². The molecule has 0 spiro atoms. The van der Waals surface area contributed by atoms with E-state index in [1.807, 2.05) is 18.7 Å². The lowest BCUT2D eigenvalue weighted by atomic mass is 10.2. The molecule has 0 amide bonds. The molecule has 2 rings (SSSR count). The van der Waals surface area contributed by atoms with Crippen molar-refractivity contribution >= 4 is 5.69 Å². The van der Waals surface area contributed by atoms with E-state index in [0.717, 1.165) is 19.5 Å². The summed E-state index contributed by atoms with van der Waals surface area (Å²) in [6.45, 7) is 4.11. The largest absolute Gasteiger partial charge is 0.385 e. The average Bonchev–Trinajstić information content (AvgIpc) is 2.77. The van der Waals surface area contributed by atoms with E-state index in [0.29, 0.717) is 0 Å². The van der Waals surface area contributed by atoms with Gasteiger partial charge in [0.05, 0.1) is 6.33 Å². The Hall–Kier alpha value is -1.77. The Kier molecular flexibility index (Phi) is 3.59. The lowest BCUT2D eigenvalue weighted by Gasteiger charge is -2.07. The fraction of sp³-hybridized carbons (Fsp3) is 0.308. The van der Waals surface area contributed by atoms with Crippen molar-refractivity contribution < 1.29 is 0 Å². The van der Waals surface area contributed by atoms with Gasteiger partial charge in [0.2, 0.25) is 0 Å². The first-order chi connectivity index (χ1) is 7.84. The van der Waals surface area contributed by atoms with Crippen molar-refractivity contribution in [1.29, 1.82) is 0 Å². The van der Waals surface area contributed by atoms with Crippen LogP contribution in [0, 0.1) is 6.92 Å². The molecule has 3 nitrogen and oxygen atoms in total. The molecular formula is C13H17N3. The average molecular weight is 215 g/mol. The molecule has 0 unspecified atom stereocenters. The Balaban J connectivity index is 1.72. The van der Waals surface area contributed by atoms with Crippen LogP contribution in [0.2, 0.25) is 0 Å². The number of nitrogens with one attached hydrogen (secondary N) is 1. The smallest absolute Gasteiger partial charge is 0.0945 e. The first-order valence-corrected chi connectivity index (χ1v) is 5.61. The van der Waals surface area contributed by atoms with E-state index < -0.39 is 0 Å². The van der Waals surface area contributed by atoms with Crippen LogP contribution in [0.15, 0.2) is 43.0 Å². The minimum atomic E-state index is 0.988. The molecule has 1 N–H and O–H groups in total. The van der Waals surface area contributed by atoms with Crippen LogP contribution in [0.25, 0.3) is 0 Å². The summed E-state index contributed by atoms with van der Waals surface area (Å²) in [5, 5.41) is 3.41. The number of hydrogen-bond donors (Lipinski definition) is 1. The summed E-state index contributed by atoms with van der Waals surface area (Å²) in [5.41, 5.74) is 2.49. The third-order valence-corrected chi connectivity index (χ3v) is 2.50. The number of aryl methyl sites for hydroxylation is 2. The van der Waals surface area contributed by atoms with Crippen LogP contribution in [0.1, 0.15) is 12.0 Å². The maximum atomic E-state index is 4.01. The van der Waals surface area contributed by atoms with Crippen LogP contribution in [-0.4, -0.2) is 16.1 Å². The second-order valence-electron chi connectivity index (χ2n) is 3.95. The summed E-state index contributed by atoms with van der Waals surface area (Å²) in [6, 6.07) is 8.45. The van der Waals surface area contributed by atoms with Crippen LogP contribution in [0.4, 0.5) is 5.69 Å². The third-order valence-electron chi connectivity index (χ3n) is 2.50. The standard InChI is InChI=1S/C13H17N3/c1-12-4-2-5-13(10-12)15-6-3-8-16-9-7-14-11-16/h2,4-5,7,9-11,15H,3,6,8H2,1H3. The monoisotopic (exact) mass is 215 g/mol. The van der Waals surface area contributed by atoms with Gasteiger partial charge in [-0.3, -0.25) is 0 Å². The van der Waals surface area contributed by atoms with Gasteiger partial charge in [-0.2, -0.15) is 0 Å². The number of aromatic nitrogens is 2. The molecule has 0 saturated carbocycles. The topological polar surface area (TPSA) is 29.9 Å². The van der Waals surface area contributed by atoms with Gasteiger partial charge in [0.15, 0.2) is 0 Å². The van der Waals surface area contributed by atoms with Crippen LogP contribution in [-0.2, 0) is 6.54 Å². The SMILES string of the molecule is Cc1cccc(NCCCn2ccnc2)c1. The van der Waals surface area contributed by atoms with Gasteiger partial charge < -0.3 is 9.88 Å². The molecule has 16 heavy (non-hydrogen) atoms. The zero-order valence-electron chi connectivity index (χ0n) is 9.56. The third kappa shape index (κ3) is 3.12. The summed E-state index contributed by atoms with van der Waals surface area (Å²) in [7, 11) is 0. The minimum absolute atomic E-state index is 0.988. The molecule has 2 aromatic rings. The quantitative estimate of drug-likeness (QED) is 0.777. The normalized spacial score (nSPS) is 10.3. The lowest BCUT2D eigenvalue weighted by Crippen LogP contribution is -2.05. The van der Waals surface area contributed by atoms with Gasteiger partial charge in [-0.15, -0.1) is 0 Å². The first kappa shape index (κ1) is 10.7. The van der Waals surface area contributed by atoms with Gasteiger partial charge in [-0.1, -0.05) is 12.1 Å². The lowest BCUT2D eigenvalue weighted by molar-refractivity contribution is 0.661. The van der Waals surface area contributed by atoms with Gasteiger partial charge in [0, 0.05) is 31.2 Å². The summed E-state index contributed by atoms with van der Waals surface area (Å²) in [4.78, 5) is 4.01. The predicted molar refractivity (Wildman–Crippen MR) is 66.5 cm³/mol. The fourth-order valence-electron chi connectivity index (χ4n) is 1.67. The zero-order chi connectivity index (χ0) is 11.2. The molecule has 84 valence electrons. The molecule has 0 aliphatic carbocycles. The molecule has 0 fully saturated rings. The maximum Gasteiger partial charge on any atom is 0.0945 e. The van der Waals surface area contributed by atoms with E-state index in [1.165, 1.54) is 11.3 Å². The molecule has 1 heterocycles. The highest BCUT2D eigenvalue weighted by Crippen LogP contribution is 2.09. The molecule has 0 aliphatic heterocycles. The fourth-order valence-corrected chi connectivity index (χ4v) is 1.67. The molecule has 0 saturated heterocycles. The number of hydrogen-bond acceptors (Lipinski definition) is 2. The van der Waals surface area contributed by atoms with E-state index >= 15 is 0 Å². The van der Waals surface area contributed by atoms with E-state index in [2.05, 4.69) is 46.1 Å². The zero-order valence-corrected chi connectivity index (χ0v) is 9.56. The van der Waals surface area contributed by atoms with Gasteiger partial charge in [0.25, 0.3) is 0 Å². The minimum Gasteiger partial charge on any atom is -0.385 e. The molecule has 0 radical (unpaired) electrons. The first-order valence-electron chi connectivity index (χ1n) is 5.61. The van der Waals surface area contributed by atoms with Gasteiger partial charge in [-0.05, 0) is 31.0 Å². The summed E-state index contributed by atoms with van der Waals surface area (Å²) in [5.74, 6) is 0. The predicted octanol–water partition coefficient (Wildman–Crippen LogP) is 2.69. The van der Waals surface area contributed by atoms with E-state index in [-0.39, 0.29) is 0 Å². The summed E-state index contributed by atoms with van der Waals surface area (Å²) < 4.78 is 2.10. The Morgan fingerprint density at radius 1 is 1.38 bits per heavy atom. The molecule has 1 aromatic heterocycles. The van der Waals surface area contributed by atoms with Crippen molar-refractivity contribution in [2.45, 2.75) is 19.9 Å². The number of benzene rings is 1. The van der Waals surface area contributed by atoms with Gasteiger partial charge in [0.1, 0.15) is 0 Å². The van der Waals surface area contributed by atoms with Crippen LogP contribution < -0.4 is 5.32 Å². The number of anilines is 1. The number of nitrogens with zero attached hydrogens (tertiary/aromatic N) is 2. The Morgan fingerprint density at radius 3 is 3.06 bits per heavy atom. The number of rotatable bonds is 5. The molecular weight excluding hydrogens is 198 g/mol. The Labute approximate surface area is 96.1 Å². The van der Waals surface area contributed by atoms with E-state index in [9.17, 15) is 0 Å².